The van der Waals surface area contributed by atoms with Gasteiger partial charge in [-0.15, -0.1) is 0 Å². The maximum atomic E-state index is 11.3. The summed E-state index contributed by atoms with van der Waals surface area (Å²) in [5.41, 5.74) is 0.447. The van der Waals surface area contributed by atoms with Gasteiger partial charge in [0.05, 0.1) is 32.8 Å². The highest BCUT2D eigenvalue weighted by atomic mass is 16.5. The Morgan fingerprint density at radius 3 is 2.00 bits per heavy atom. The Morgan fingerprint density at radius 2 is 1.52 bits per heavy atom. The van der Waals surface area contributed by atoms with Crippen molar-refractivity contribution in [1.82, 2.24) is 0 Å². The van der Waals surface area contributed by atoms with E-state index in [0.717, 1.165) is 18.8 Å². The Balaban J connectivity index is 4.90. The lowest BCUT2D eigenvalue weighted by Crippen LogP contribution is -2.51. The van der Waals surface area contributed by atoms with Crippen LogP contribution < -0.4 is 0 Å². The third-order valence-corrected chi connectivity index (χ3v) is 6.22. The third kappa shape index (κ3) is 13.2. The van der Waals surface area contributed by atoms with Crippen LogP contribution in [-0.4, -0.2) is 43.2 Å². The fourth-order valence-corrected chi connectivity index (χ4v) is 4.95. The van der Waals surface area contributed by atoms with E-state index in [9.17, 15) is 4.79 Å². The van der Waals surface area contributed by atoms with Crippen molar-refractivity contribution in [2.45, 2.75) is 100 Å². The zero-order valence-electron chi connectivity index (χ0n) is 21.1. The minimum Gasteiger partial charge on any atom is -0.463 e. The molecular weight excluding hydrogens is 358 g/mol. The number of nitrogens with zero attached hydrogens (tertiary/aromatic N) is 1. The van der Waals surface area contributed by atoms with E-state index in [0.29, 0.717) is 6.61 Å². The summed E-state index contributed by atoms with van der Waals surface area (Å²) in [5.74, 6) is 0.482. The second kappa shape index (κ2) is 13.5. The molecule has 29 heavy (non-hydrogen) atoms. The largest absolute Gasteiger partial charge is 0.463 e. The van der Waals surface area contributed by atoms with Crippen LogP contribution in [0.2, 0.25) is 0 Å². The molecule has 0 amide bonds. The first-order valence-corrected chi connectivity index (χ1v) is 12.1. The van der Waals surface area contributed by atoms with Crippen molar-refractivity contribution in [3.8, 4) is 0 Å². The van der Waals surface area contributed by atoms with Gasteiger partial charge in [0, 0.05) is 12.5 Å². The van der Waals surface area contributed by atoms with Gasteiger partial charge < -0.3 is 9.22 Å². The first kappa shape index (κ1) is 28.2. The van der Waals surface area contributed by atoms with Gasteiger partial charge in [-0.05, 0) is 55.3 Å². The molecule has 0 saturated heterocycles. The first-order chi connectivity index (χ1) is 13.4. The normalized spacial score (nSPS) is 13.0. The minimum atomic E-state index is -0.317. The summed E-state index contributed by atoms with van der Waals surface area (Å²) in [4.78, 5) is 11.3. The van der Waals surface area contributed by atoms with Crippen molar-refractivity contribution in [2.75, 3.05) is 32.8 Å². The Morgan fingerprint density at radius 1 is 0.966 bits per heavy atom. The van der Waals surface area contributed by atoms with E-state index in [1.54, 1.807) is 0 Å². The van der Waals surface area contributed by atoms with E-state index >= 15 is 0 Å². The standard InChI is InChI=1S/C26H52NO2/c1-10-17-27(18-11-2,19-13-14-23(4)5)20-15-25(6,7)22-26(8,9)16-21-29-24(28)12-3/h12,23H,3,10-11,13-22H2,1-2,4-9H3/q+1. The summed E-state index contributed by atoms with van der Waals surface area (Å²) in [6.45, 7) is 28.0. The second-order valence-electron chi connectivity index (χ2n) is 11.1. The van der Waals surface area contributed by atoms with Crippen molar-refractivity contribution in [1.29, 1.82) is 0 Å². The summed E-state index contributed by atoms with van der Waals surface area (Å²) in [6, 6.07) is 0. The minimum absolute atomic E-state index is 0.160. The summed E-state index contributed by atoms with van der Waals surface area (Å²) < 4.78 is 6.52. The molecule has 0 aliphatic rings. The molecule has 0 aromatic rings. The number of quaternary nitrogens is 1. The molecule has 3 nitrogen and oxygen atoms in total. The van der Waals surface area contributed by atoms with Crippen LogP contribution in [0.5, 0.6) is 0 Å². The molecule has 0 bridgehead atoms. The number of rotatable bonds is 17. The van der Waals surface area contributed by atoms with E-state index in [4.69, 9.17) is 4.74 Å². The van der Waals surface area contributed by atoms with Gasteiger partial charge in [0.25, 0.3) is 0 Å². The molecule has 0 spiro atoms. The number of carbonyl (C=O) groups is 1. The molecule has 0 fully saturated rings. The quantitative estimate of drug-likeness (QED) is 0.146. The fraction of sp³-hybridized carbons (Fsp3) is 0.885. The molecule has 0 atom stereocenters. The SMILES string of the molecule is C=CC(=O)OCCC(C)(C)CC(C)(C)CC[N+](CCC)(CCC)CCCC(C)C. The van der Waals surface area contributed by atoms with Crippen LogP contribution in [-0.2, 0) is 9.53 Å². The van der Waals surface area contributed by atoms with Crippen molar-refractivity contribution < 1.29 is 14.0 Å². The highest BCUT2D eigenvalue weighted by molar-refractivity contribution is 5.81. The Bertz CT molecular complexity index is 459. The molecule has 0 aliphatic heterocycles. The summed E-state index contributed by atoms with van der Waals surface area (Å²) in [7, 11) is 0. The molecule has 0 aromatic carbocycles. The first-order valence-electron chi connectivity index (χ1n) is 12.1. The van der Waals surface area contributed by atoms with Crippen molar-refractivity contribution >= 4 is 5.97 Å². The second-order valence-corrected chi connectivity index (χ2v) is 11.1. The smallest absolute Gasteiger partial charge is 0.330 e. The van der Waals surface area contributed by atoms with Crippen molar-refractivity contribution in [2.24, 2.45) is 16.7 Å². The number of ether oxygens (including phenoxy) is 1. The topological polar surface area (TPSA) is 26.3 Å². The maximum absolute atomic E-state index is 11.3. The van der Waals surface area contributed by atoms with Gasteiger partial charge in [0.2, 0.25) is 0 Å². The molecule has 0 unspecified atom stereocenters. The monoisotopic (exact) mass is 410 g/mol. The molecule has 0 aliphatic carbocycles. The molecule has 172 valence electrons. The van der Waals surface area contributed by atoms with Gasteiger partial charge >= 0.3 is 5.97 Å². The van der Waals surface area contributed by atoms with Crippen LogP contribution in [0.15, 0.2) is 12.7 Å². The Hall–Kier alpha value is -0.830. The van der Waals surface area contributed by atoms with Gasteiger partial charge in [0.15, 0.2) is 0 Å². The van der Waals surface area contributed by atoms with E-state index in [-0.39, 0.29) is 16.8 Å². The number of carbonyl (C=O) groups excluding carboxylic acids is 1. The Labute approximate surface area is 182 Å². The number of esters is 1. The fourth-order valence-electron chi connectivity index (χ4n) is 4.95. The predicted molar refractivity (Wildman–Crippen MR) is 127 cm³/mol. The zero-order valence-corrected chi connectivity index (χ0v) is 21.1. The molecule has 0 N–H and O–H groups in total. The van der Waals surface area contributed by atoms with Crippen LogP contribution in [0.25, 0.3) is 0 Å². The van der Waals surface area contributed by atoms with Gasteiger partial charge in [-0.2, -0.15) is 0 Å². The van der Waals surface area contributed by atoms with Crippen molar-refractivity contribution in [3.05, 3.63) is 12.7 Å². The average Bonchev–Trinajstić information content (AvgIpc) is 2.59. The van der Waals surface area contributed by atoms with Crippen LogP contribution in [0.3, 0.4) is 0 Å². The van der Waals surface area contributed by atoms with Crippen LogP contribution >= 0.6 is 0 Å². The lowest BCUT2D eigenvalue weighted by Gasteiger charge is -2.42. The lowest BCUT2D eigenvalue weighted by molar-refractivity contribution is -0.929. The van der Waals surface area contributed by atoms with Gasteiger partial charge in [0.1, 0.15) is 0 Å². The Kier molecular flexibility index (Phi) is 13.1. The number of hydrogen-bond donors (Lipinski definition) is 0. The average molecular weight is 411 g/mol. The molecule has 0 heterocycles. The molecule has 0 saturated carbocycles. The number of hydrogen-bond acceptors (Lipinski definition) is 2. The highest BCUT2D eigenvalue weighted by Gasteiger charge is 2.33. The van der Waals surface area contributed by atoms with Crippen LogP contribution in [0.4, 0.5) is 0 Å². The van der Waals surface area contributed by atoms with E-state index < -0.39 is 0 Å². The maximum Gasteiger partial charge on any atom is 0.330 e. The summed E-state index contributed by atoms with van der Waals surface area (Å²) >= 11 is 0. The highest BCUT2D eigenvalue weighted by Crippen LogP contribution is 2.39. The molecule has 0 radical (unpaired) electrons. The van der Waals surface area contributed by atoms with E-state index in [1.165, 1.54) is 68.8 Å². The summed E-state index contributed by atoms with van der Waals surface area (Å²) in [5, 5.41) is 0. The van der Waals surface area contributed by atoms with E-state index in [2.05, 4.69) is 62.0 Å². The molecule has 0 aromatic heterocycles. The lowest BCUT2D eigenvalue weighted by atomic mass is 9.72. The van der Waals surface area contributed by atoms with Gasteiger partial charge in [-0.1, -0.05) is 62.0 Å². The molecule has 3 heteroatoms. The summed E-state index contributed by atoms with van der Waals surface area (Å²) in [6.07, 6.45) is 9.76. The molecule has 0 rings (SSSR count). The molecular formula is C26H52NO2+. The predicted octanol–water partition coefficient (Wildman–Crippen LogP) is 7.01. The van der Waals surface area contributed by atoms with Gasteiger partial charge in [-0.25, -0.2) is 4.79 Å². The van der Waals surface area contributed by atoms with Crippen molar-refractivity contribution in [3.63, 3.8) is 0 Å². The van der Waals surface area contributed by atoms with E-state index in [1.807, 2.05) is 0 Å². The van der Waals surface area contributed by atoms with Crippen LogP contribution in [0.1, 0.15) is 100 Å². The van der Waals surface area contributed by atoms with Crippen LogP contribution in [0, 0.1) is 16.7 Å². The third-order valence-electron chi connectivity index (χ3n) is 6.22. The zero-order chi connectivity index (χ0) is 22.6. The van der Waals surface area contributed by atoms with Gasteiger partial charge in [-0.3, -0.25) is 0 Å².